The van der Waals surface area contributed by atoms with Crippen LogP contribution >= 0.6 is 27.7 Å². The summed E-state index contributed by atoms with van der Waals surface area (Å²) in [7, 11) is 0. The van der Waals surface area contributed by atoms with E-state index in [9.17, 15) is 9.90 Å². The summed E-state index contributed by atoms with van der Waals surface area (Å²) in [5.74, 6) is 0.367. The lowest BCUT2D eigenvalue weighted by Gasteiger charge is -2.06. The predicted molar refractivity (Wildman–Crippen MR) is 99.6 cm³/mol. The summed E-state index contributed by atoms with van der Waals surface area (Å²) in [6.45, 7) is 2.09. The maximum absolute atomic E-state index is 12.2. The van der Waals surface area contributed by atoms with Gasteiger partial charge in [-0.1, -0.05) is 18.2 Å². The molecule has 0 aliphatic rings. The first-order valence-corrected chi connectivity index (χ1v) is 9.24. The van der Waals surface area contributed by atoms with Gasteiger partial charge in [-0.05, 0) is 47.1 Å². The van der Waals surface area contributed by atoms with Crippen molar-refractivity contribution in [3.8, 4) is 5.75 Å². The van der Waals surface area contributed by atoms with Crippen molar-refractivity contribution in [2.75, 3.05) is 6.61 Å². The van der Waals surface area contributed by atoms with Crippen LogP contribution in [0.3, 0.4) is 0 Å². The van der Waals surface area contributed by atoms with Crippen LogP contribution in [-0.4, -0.2) is 22.2 Å². The minimum Gasteiger partial charge on any atom is -0.507 e. The third-order valence-electron chi connectivity index (χ3n) is 3.56. The van der Waals surface area contributed by atoms with Gasteiger partial charge in [0.25, 0.3) is 0 Å². The molecule has 124 valence electrons. The van der Waals surface area contributed by atoms with Crippen LogP contribution in [0.1, 0.15) is 17.3 Å². The van der Waals surface area contributed by atoms with Gasteiger partial charge in [0.15, 0.2) is 0 Å². The van der Waals surface area contributed by atoms with E-state index in [0.717, 1.165) is 10.4 Å². The number of rotatable bonds is 5. The minimum atomic E-state index is -0.382. The van der Waals surface area contributed by atoms with E-state index in [1.54, 1.807) is 30.9 Å². The third kappa shape index (κ3) is 3.44. The zero-order valence-electron chi connectivity index (χ0n) is 13.0. The van der Waals surface area contributed by atoms with E-state index in [2.05, 4.69) is 15.9 Å². The van der Waals surface area contributed by atoms with E-state index in [1.807, 2.05) is 41.0 Å². The molecule has 3 aromatic rings. The fourth-order valence-electron chi connectivity index (χ4n) is 2.44. The highest BCUT2D eigenvalue weighted by Gasteiger charge is 2.18. The molecule has 0 unspecified atom stereocenters. The molecule has 1 heterocycles. The molecule has 2 aromatic carbocycles. The molecule has 0 fully saturated rings. The first kappa shape index (κ1) is 16.9. The van der Waals surface area contributed by atoms with Crippen LogP contribution in [0.4, 0.5) is 0 Å². The lowest BCUT2D eigenvalue weighted by atomic mass is 10.1. The van der Waals surface area contributed by atoms with Gasteiger partial charge >= 0.3 is 5.97 Å². The Kier molecular flexibility index (Phi) is 5.16. The number of hydrogen-bond donors (Lipinski definition) is 1. The molecule has 1 aromatic heterocycles. The van der Waals surface area contributed by atoms with E-state index in [1.165, 1.54) is 0 Å². The smallest absolute Gasteiger partial charge is 0.340 e. The standard InChI is InChI=1S/C18H16BrNO3S/c1-2-23-18(22)14-10-20(11-24-12-6-4-3-5-7-12)16-9-15(19)17(21)8-13(14)16/h3-10,21H,2,11H2,1H3. The lowest BCUT2D eigenvalue weighted by Crippen LogP contribution is -2.03. The van der Waals surface area contributed by atoms with Crippen LogP contribution in [0.25, 0.3) is 10.9 Å². The minimum absolute atomic E-state index is 0.0986. The number of nitrogens with zero attached hydrogens (tertiary/aromatic N) is 1. The number of aromatic hydroxyl groups is 1. The number of phenols is 1. The molecule has 0 spiro atoms. The van der Waals surface area contributed by atoms with Crippen LogP contribution in [0.2, 0.25) is 0 Å². The van der Waals surface area contributed by atoms with Crippen molar-refractivity contribution in [1.29, 1.82) is 0 Å². The van der Waals surface area contributed by atoms with Crippen molar-refractivity contribution in [2.24, 2.45) is 0 Å². The molecule has 3 rings (SSSR count). The number of phenolic OH excluding ortho intramolecular Hbond substituents is 1. The van der Waals surface area contributed by atoms with Crippen LogP contribution in [0.15, 0.2) is 58.0 Å². The monoisotopic (exact) mass is 405 g/mol. The molecule has 0 amide bonds. The number of carbonyl (C=O) groups is 1. The summed E-state index contributed by atoms with van der Waals surface area (Å²) >= 11 is 5.01. The number of carbonyl (C=O) groups excluding carboxylic acids is 1. The Hall–Kier alpha value is -1.92. The van der Waals surface area contributed by atoms with Crippen molar-refractivity contribution in [3.05, 3.63) is 58.7 Å². The van der Waals surface area contributed by atoms with E-state index < -0.39 is 0 Å². The Morgan fingerprint density at radius 1 is 1.29 bits per heavy atom. The zero-order chi connectivity index (χ0) is 17.1. The molecule has 24 heavy (non-hydrogen) atoms. The molecule has 0 saturated heterocycles. The molecule has 4 nitrogen and oxygen atoms in total. The number of hydrogen-bond acceptors (Lipinski definition) is 4. The molecule has 6 heteroatoms. The Balaban J connectivity index is 2.00. The Bertz CT molecular complexity index is 877. The van der Waals surface area contributed by atoms with Crippen LogP contribution in [-0.2, 0) is 10.6 Å². The Labute approximate surface area is 152 Å². The molecule has 0 saturated carbocycles. The molecule has 1 N–H and O–H groups in total. The number of benzene rings is 2. The molecule has 0 atom stereocenters. The molecule has 0 aliphatic carbocycles. The highest BCUT2D eigenvalue weighted by molar-refractivity contribution is 9.10. The van der Waals surface area contributed by atoms with Gasteiger partial charge in [0.05, 0.1) is 28.0 Å². The summed E-state index contributed by atoms with van der Waals surface area (Å²) < 4.78 is 7.71. The maximum atomic E-state index is 12.2. The van der Waals surface area contributed by atoms with Gasteiger partial charge in [-0.2, -0.15) is 0 Å². The van der Waals surface area contributed by atoms with Crippen molar-refractivity contribution >= 4 is 44.6 Å². The van der Waals surface area contributed by atoms with E-state index in [0.29, 0.717) is 27.9 Å². The highest BCUT2D eigenvalue weighted by Crippen LogP contribution is 2.34. The van der Waals surface area contributed by atoms with Crippen molar-refractivity contribution in [2.45, 2.75) is 17.7 Å². The fourth-order valence-corrected chi connectivity index (χ4v) is 3.62. The highest BCUT2D eigenvalue weighted by atomic mass is 79.9. The van der Waals surface area contributed by atoms with Gasteiger partial charge in [-0.15, -0.1) is 11.8 Å². The average Bonchev–Trinajstić information content (AvgIpc) is 2.92. The molecule has 0 radical (unpaired) electrons. The number of fused-ring (bicyclic) bond motifs is 1. The van der Waals surface area contributed by atoms with Crippen molar-refractivity contribution in [3.63, 3.8) is 0 Å². The van der Waals surface area contributed by atoms with E-state index in [-0.39, 0.29) is 11.7 Å². The van der Waals surface area contributed by atoms with Crippen LogP contribution in [0, 0.1) is 0 Å². The first-order valence-electron chi connectivity index (χ1n) is 7.46. The van der Waals surface area contributed by atoms with E-state index >= 15 is 0 Å². The summed E-state index contributed by atoms with van der Waals surface area (Å²) in [5.41, 5.74) is 1.33. The Morgan fingerprint density at radius 3 is 2.75 bits per heavy atom. The quantitative estimate of drug-likeness (QED) is 0.477. The predicted octanol–water partition coefficient (Wildman–Crippen LogP) is 5.04. The van der Waals surface area contributed by atoms with E-state index in [4.69, 9.17) is 4.74 Å². The van der Waals surface area contributed by atoms with Gasteiger partial charge in [0, 0.05) is 16.5 Å². The van der Waals surface area contributed by atoms with Gasteiger partial charge in [-0.25, -0.2) is 4.79 Å². The molecular formula is C18H16BrNO3S. The topological polar surface area (TPSA) is 51.5 Å². The third-order valence-corrected chi connectivity index (χ3v) is 5.21. The van der Waals surface area contributed by atoms with Crippen LogP contribution < -0.4 is 0 Å². The Morgan fingerprint density at radius 2 is 2.04 bits per heavy atom. The van der Waals surface area contributed by atoms with Crippen molar-refractivity contribution < 1.29 is 14.6 Å². The SMILES string of the molecule is CCOC(=O)c1cn(CSc2ccccc2)c2cc(Br)c(O)cc12. The lowest BCUT2D eigenvalue weighted by molar-refractivity contribution is 0.0528. The summed E-state index contributed by atoms with van der Waals surface area (Å²) in [6.07, 6.45) is 1.78. The summed E-state index contributed by atoms with van der Waals surface area (Å²) in [4.78, 5) is 13.4. The molecular weight excluding hydrogens is 390 g/mol. The maximum Gasteiger partial charge on any atom is 0.340 e. The molecule has 0 aliphatic heterocycles. The summed E-state index contributed by atoms with van der Waals surface area (Å²) in [6, 6.07) is 13.5. The first-order chi connectivity index (χ1) is 11.6. The van der Waals surface area contributed by atoms with Gasteiger partial charge in [-0.3, -0.25) is 0 Å². The zero-order valence-corrected chi connectivity index (χ0v) is 15.4. The van der Waals surface area contributed by atoms with Gasteiger partial charge in [0.2, 0.25) is 0 Å². The second-order valence-corrected chi connectivity index (χ2v) is 7.01. The summed E-state index contributed by atoms with van der Waals surface area (Å²) in [5, 5.41) is 10.6. The van der Waals surface area contributed by atoms with Crippen LogP contribution in [0.5, 0.6) is 5.75 Å². The van der Waals surface area contributed by atoms with Gasteiger partial charge < -0.3 is 14.4 Å². The number of esters is 1. The fraction of sp³-hybridized carbons (Fsp3) is 0.167. The normalized spacial score (nSPS) is 10.9. The number of halogens is 1. The second-order valence-electron chi connectivity index (χ2n) is 5.14. The van der Waals surface area contributed by atoms with Gasteiger partial charge in [0.1, 0.15) is 5.75 Å². The average molecular weight is 406 g/mol. The number of aromatic nitrogens is 1. The molecule has 0 bridgehead atoms. The second kappa shape index (κ2) is 7.32. The largest absolute Gasteiger partial charge is 0.507 e. The number of thioether (sulfide) groups is 1. The van der Waals surface area contributed by atoms with Crippen molar-refractivity contribution in [1.82, 2.24) is 4.57 Å². The number of ether oxygens (including phenoxy) is 1.